The maximum atomic E-state index is 4.17. The molecule has 1 heterocycles. The molecule has 0 unspecified atom stereocenters. The highest BCUT2D eigenvalue weighted by Gasteiger charge is 2.02. The van der Waals surface area contributed by atoms with Crippen LogP contribution in [-0.2, 0) is 13.0 Å². The SMILES string of the molecule is CCc1cc(Br)ccc1NCc1cnccc1C. The van der Waals surface area contributed by atoms with E-state index in [4.69, 9.17) is 0 Å². The second-order valence-electron chi connectivity index (χ2n) is 4.31. The Hall–Kier alpha value is -1.35. The van der Waals surface area contributed by atoms with E-state index in [1.54, 1.807) is 0 Å². The minimum Gasteiger partial charge on any atom is -0.381 e. The van der Waals surface area contributed by atoms with Gasteiger partial charge in [0.25, 0.3) is 0 Å². The third-order valence-electron chi connectivity index (χ3n) is 3.06. The Morgan fingerprint density at radius 2 is 2.06 bits per heavy atom. The summed E-state index contributed by atoms with van der Waals surface area (Å²) in [6, 6.07) is 8.39. The van der Waals surface area contributed by atoms with Gasteiger partial charge in [-0.05, 0) is 54.3 Å². The largest absolute Gasteiger partial charge is 0.381 e. The molecule has 2 aromatic rings. The van der Waals surface area contributed by atoms with E-state index in [-0.39, 0.29) is 0 Å². The number of halogens is 1. The van der Waals surface area contributed by atoms with E-state index in [1.807, 2.05) is 18.5 Å². The van der Waals surface area contributed by atoms with Gasteiger partial charge in [-0.3, -0.25) is 4.98 Å². The standard InChI is InChI=1S/C15H17BrN2/c1-3-12-8-14(16)4-5-15(12)18-10-13-9-17-7-6-11(13)2/h4-9,18H,3,10H2,1-2H3. The predicted molar refractivity (Wildman–Crippen MR) is 79.8 cm³/mol. The van der Waals surface area contributed by atoms with E-state index in [1.165, 1.54) is 22.4 Å². The molecule has 1 aromatic carbocycles. The van der Waals surface area contributed by atoms with Crippen molar-refractivity contribution in [3.63, 3.8) is 0 Å². The van der Waals surface area contributed by atoms with E-state index < -0.39 is 0 Å². The number of pyridine rings is 1. The first kappa shape index (κ1) is 13.1. The number of anilines is 1. The van der Waals surface area contributed by atoms with E-state index in [2.05, 4.69) is 58.3 Å². The van der Waals surface area contributed by atoms with Crippen molar-refractivity contribution >= 4 is 21.6 Å². The quantitative estimate of drug-likeness (QED) is 0.909. The van der Waals surface area contributed by atoms with Gasteiger partial charge in [-0.25, -0.2) is 0 Å². The van der Waals surface area contributed by atoms with E-state index in [0.717, 1.165) is 17.4 Å². The van der Waals surface area contributed by atoms with Gasteiger partial charge in [-0.15, -0.1) is 0 Å². The number of hydrogen-bond donors (Lipinski definition) is 1. The Labute approximate surface area is 117 Å². The second-order valence-corrected chi connectivity index (χ2v) is 5.23. The molecule has 94 valence electrons. The Morgan fingerprint density at radius 3 is 2.78 bits per heavy atom. The lowest BCUT2D eigenvalue weighted by Crippen LogP contribution is -2.04. The normalized spacial score (nSPS) is 10.4. The first-order chi connectivity index (χ1) is 8.70. The van der Waals surface area contributed by atoms with Crippen molar-refractivity contribution in [3.05, 3.63) is 57.8 Å². The molecular weight excluding hydrogens is 288 g/mol. The highest BCUT2D eigenvalue weighted by atomic mass is 79.9. The van der Waals surface area contributed by atoms with Crippen LogP contribution in [-0.4, -0.2) is 4.98 Å². The van der Waals surface area contributed by atoms with Crippen LogP contribution in [0.1, 0.15) is 23.6 Å². The number of aromatic nitrogens is 1. The Morgan fingerprint density at radius 1 is 1.22 bits per heavy atom. The first-order valence-corrected chi connectivity index (χ1v) is 6.91. The van der Waals surface area contributed by atoms with Crippen molar-refractivity contribution < 1.29 is 0 Å². The number of benzene rings is 1. The Balaban J connectivity index is 2.13. The topological polar surface area (TPSA) is 24.9 Å². The van der Waals surface area contributed by atoms with Crippen LogP contribution in [0.2, 0.25) is 0 Å². The summed E-state index contributed by atoms with van der Waals surface area (Å²) in [7, 11) is 0. The van der Waals surface area contributed by atoms with Crippen LogP contribution in [0.5, 0.6) is 0 Å². The molecule has 0 saturated heterocycles. The molecule has 0 aliphatic rings. The number of aryl methyl sites for hydroxylation is 2. The summed E-state index contributed by atoms with van der Waals surface area (Å²) in [6.45, 7) is 5.09. The fraction of sp³-hybridized carbons (Fsp3) is 0.267. The number of hydrogen-bond acceptors (Lipinski definition) is 2. The summed E-state index contributed by atoms with van der Waals surface area (Å²) >= 11 is 3.51. The second kappa shape index (κ2) is 6.01. The van der Waals surface area contributed by atoms with Crippen molar-refractivity contribution in [2.24, 2.45) is 0 Å². The molecule has 0 radical (unpaired) electrons. The van der Waals surface area contributed by atoms with Gasteiger partial charge in [0.1, 0.15) is 0 Å². The van der Waals surface area contributed by atoms with Crippen LogP contribution < -0.4 is 5.32 Å². The van der Waals surface area contributed by atoms with Gasteiger partial charge >= 0.3 is 0 Å². The molecule has 0 aliphatic carbocycles. The van der Waals surface area contributed by atoms with Crippen LogP contribution in [0.3, 0.4) is 0 Å². The highest BCUT2D eigenvalue weighted by molar-refractivity contribution is 9.10. The number of nitrogens with one attached hydrogen (secondary N) is 1. The fourth-order valence-corrected chi connectivity index (χ4v) is 2.31. The molecule has 0 saturated carbocycles. The lowest BCUT2D eigenvalue weighted by molar-refractivity contribution is 1.06. The molecule has 0 atom stereocenters. The van der Waals surface area contributed by atoms with Gasteiger partial charge in [-0.2, -0.15) is 0 Å². The lowest BCUT2D eigenvalue weighted by Gasteiger charge is -2.12. The zero-order valence-electron chi connectivity index (χ0n) is 10.7. The summed E-state index contributed by atoms with van der Waals surface area (Å²) in [5, 5.41) is 3.49. The van der Waals surface area contributed by atoms with Crippen molar-refractivity contribution in [2.75, 3.05) is 5.32 Å². The minimum absolute atomic E-state index is 0.814. The maximum absolute atomic E-state index is 4.17. The van der Waals surface area contributed by atoms with Crippen molar-refractivity contribution in [3.8, 4) is 0 Å². The zero-order chi connectivity index (χ0) is 13.0. The molecule has 18 heavy (non-hydrogen) atoms. The summed E-state index contributed by atoms with van der Waals surface area (Å²) in [6.07, 6.45) is 4.77. The average Bonchev–Trinajstić information content (AvgIpc) is 2.39. The first-order valence-electron chi connectivity index (χ1n) is 6.12. The number of nitrogens with zero attached hydrogens (tertiary/aromatic N) is 1. The number of rotatable bonds is 4. The molecule has 2 rings (SSSR count). The Kier molecular flexibility index (Phi) is 4.37. The zero-order valence-corrected chi connectivity index (χ0v) is 12.3. The molecule has 0 fully saturated rings. The van der Waals surface area contributed by atoms with Gasteiger partial charge < -0.3 is 5.32 Å². The lowest BCUT2D eigenvalue weighted by atomic mass is 10.1. The van der Waals surface area contributed by atoms with E-state index >= 15 is 0 Å². The van der Waals surface area contributed by atoms with Crippen LogP contribution >= 0.6 is 15.9 Å². The molecule has 0 bridgehead atoms. The van der Waals surface area contributed by atoms with Crippen LogP contribution in [0, 0.1) is 6.92 Å². The average molecular weight is 305 g/mol. The van der Waals surface area contributed by atoms with Crippen LogP contribution in [0.25, 0.3) is 0 Å². The van der Waals surface area contributed by atoms with Gasteiger partial charge in [-0.1, -0.05) is 22.9 Å². The molecular formula is C15H17BrN2. The maximum Gasteiger partial charge on any atom is 0.0418 e. The summed E-state index contributed by atoms with van der Waals surface area (Å²) in [5.41, 5.74) is 5.03. The molecule has 0 amide bonds. The van der Waals surface area contributed by atoms with Gasteiger partial charge in [0.2, 0.25) is 0 Å². The summed E-state index contributed by atoms with van der Waals surface area (Å²) in [4.78, 5) is 4.17. The molecule has 1 N–H and O–H groups in total. The van der Waals surface area contributed by atoms with Crippen LogP contribution in [0.15, 0.2) is 41.1 Å². The van der Waals surface area contributed by atoms with Crippen molar-refractivity contribution in [2.45, 2.75) is 26.8 Å². The molecule has 0 spiro atoms. The molecule has 1 aromatic heterocycles. The van der Waals surface area contributed by atoms with Crippen molar-refractivity contribution in [1.82, 2.24) is 4.98 Å². The Bertz CT molecular complexity index is 538. The van der Waals surface area contributed by atoms with E-state index in [0.29, 0.717) is 0 Å². The van der Waals surface area contributed by atoms with Gasteiger partial charge in [0.05, 0.1) is 0 Å². The van der Waals surface area contributed by atoms with Crippen LogP contribution in [0.4, 0.5) is 5.69 Å². The summed E-state index contributed by atoms with van der Waals surface area (Å²) < 4.78 is 1.13. The minimum atomic E-state index is 0.814. The summed E-state index contributed by atoms with van der Waals surface area (Å²) in [5.74, 6) is 0. The fourth-order valence-electron chi connectivity index (χ4n) is 1.90. The molecule has 3 heteroatoms. The third-order valence-corrected chi connectivity index (χ3v) is 3.56. The van der Waals surface area contributed by atoms with Gasteiger partial charge in [0.15, 0.2) is 0 Å². The van der Waals surface area contributed by atoms with Gasteiger partial charge in [0, 0.05) is 29.1 Å². The predicted octanol–water partition coefficient (Wildman–Crippen LogP) is 4.33. The highest BCUT2D eigenvalue weighted by Crippen LogP contribution is 2.22. The molecule has 0 aliphatic heterocycles. The van der Waals surface area contributed by atoms with E-state index in [9.17, 15) is 0 Å². The smallest absolute Gasteiger partial charge is 0.0418 e. The van der Waals surface area contributed by atoms with Crippen molar-refractivity contribution in [1.29, 1.82) is 0 Å². The molecule has 2 nitrogen and oxygen atoms in total. The monoisotopic (exact) mass is 304 g/mol. The third kappa shape index (κ3) is 3.10.